The smallest absolute Gasteiger partial charge is 0.327 e. The summed E-state index contributed by atoms with van der Waals surface area (Å²) in [5.41, 5.74) is 0. The molecule has 90 valence electrons. The SMILES string of the molecule is CC(S)CC(=O)OC(C)(O)OC(C)(O)O. The molecule has 0 aliphatic carbocycles. The van der Waals surface area contributed by atoms with Crippen LogP contribution in [0.4, 0.5) is 0 Å². The molecule has 15 heavy (non-hydrogen) atoms. The molecule has 0 fully saturated rings. The zero-order valence-corrected chi connectivity index (χ0v) is 9.69. The number of rotatable bonds is 5. The summed E-state index contributed by atoms with van der Waals surface area (Å²) in [4.78, 5) is 11.1. The molecular weight excluding hydrogens is 224 g/mol. The van der Waals surface area contributed by atoms with Crippen LogP contribution in [0.15, 0.2) is 0 Å². The summed E-state index contributed by atoms with van der Waals surface area (Å²) >= 11 is 3.95. The molecular formula is C8H16O6S. The Morgan fingerprint density at radius 3 is 2.20 bits per heavy atom. The third kappa shape index (κ3) is 8.64. The predicted octanol–water partition coefficient (Wildman–Crippen LogP) is -0.421. The summed E-state index contributed by atoms with van der Waals surface area (Å²) in [5, 5.41) is 26.7. The Labute approximate surface area is 93.2 Å². The van der Waals surface area contributed by atoms with Gasteiger partial charge in [-0.15, -0.1) is 0 Å². The number of ether oxygens (including phenoxy) is 2. The molecule has 0 rings (SSSR count). The quantitative estimate of drug-likeness (QED) is 0.296. The zero-order chi connectivity index (χ0) is 12.3. The number of carbonyl (C=O) groups is 1. The van der Waals surface area contributed by atoms with Crippen LogP contribution in [-0.4, -0.2) is 38.5 Å². The van der Waals surface area contributed by atoms with Crippen LogP contribution in [0, 0.1) is 0 Å². The topological polar surface area (TPSA) is 96.2 Å². The highest BCUT2D eigenvalue weighted by Gasteiger charge is 2.35. The summed E-state index contributed by atoms with van der Waals surface area (Å²) in [6.45, 7) is 3.51. The van der Waals surface area contributed by atoms with Crippen molar-refractivity contribution in [1.29, 1.82) is 0 Å². The maximum atomic E-state index is 11.1. The maximum Gasteiger partial charge on any atom is 0.327 e. The van der Waals surface area contributed by atoms with Crippen LogP contribution in [0.2, 0.25) is 0 Å². The third-order valence-electron chi connectivity index (χ3n) is 1.15. The van der Waals surface area contributed by atoms with Crippen LogP contribution in [0.25, 0.3) is 0 Å². The van der Waals surface area contributed by atoms with Crippen molar-refractivity contribution in [3.8, 4) is 0 Å². The minimum Gasteiger partial charge on any atom is -0.408 e. The summed E-state index contributed by atoms with van der Waals surface area (Å²) in [5.74, 6) is -5.74. The van der Waals surface area contributed by atoms with E-state index in [9.17, 15) is 9.90 Å². The number of hydrogen-bond acceptors (Lipinski definition) is 7. The Balaban J connectivity index is 4.19. The van der Waals surface area contributed by atoms with Gasteiger partial charge in [0, 0.05) is 19.1 Å². The van der Waals surface area contributed by atoms with Crippen molar-refractivity contribution >= 4 is 18.6 Å². The molecule has 0 spiro atoms. The van der Waals surface area contributed by atoms with E-state index in [0.29, 0.717) is 0 Å². The van der Waals surface area contributed by atoms with Gasteiger partial charge in [0.2, 0.25) is 0 Å². The lowest BCUT2D eigenvalue weighted by Crippen LogP contribution is -2.44. The van der Waals surface area contributed by atoms with Crippen LogP contribution in [0.3, 0.4) is 0 Å². The second kappa shape index (κ2) is 5.13. The van der Waals surface area contributed by atoms with Gasteiger partial charge in [0.1, 0.15) is 0 Å². The van der Waals surface area contributed by atoms with Crippen molar-refractivity contribution in [1.82, 2.24) is 0 Å². The molecule has 0 bridgehead atoms. The molecule has 0 aromatic rings. The molecule has 0 amide bonds. The average Bonchev–Trinajstić information content (AvgIpc) is 1.73. The van der Waals surface area contributed by atoms with Gasteiger partial charge in [0.05, 0.1) is 6.42 Å². The maximum absolute atomic E-state index is 11.1. The lowest BCUT2D eigenvalue weighted by atomic mass is 10.3. The van der Waals surface area contributed by atoms with Crippen molar-refractivity contribution in [3.63, 3.8) is 0 Å². The van der Waals surface area contributed by atoms with Crippen molar-refractivity contribution in [2.45, 2.75) is 44.4 Å². The first kappa shape index (κ1) is 14.7. The Morgan fingerprint density at radius 2 is 1.87 bits per heavy atom. The van der Waals surface area contributed by atoms with Crippen LogP contribution < -0.4 is 0 Å². The molecule has 0 aromatic heterocycles. The van der Waals surface area contributed by atoms with Crippen molar-refractivity contribution in [3.05, 3.63) is 0 Å². The second-order valence-corrected chi connectivity index (χ2v) is 4.34. The van der Waals surface area contributed by atoms with Crippen LogP contribution in [0.1, 0.15) is 27.2 Å². The highest BCUT2D eigenvalue weighted by molar-refractivity contribution is 7.80. The fraction of sp³-hybridized carbons (Fsp3) is 0.875. The van der Waals surface area contributed by atoms with Gasteiger partial charge in [-0.25, -0.2) is 0 Å². The molecule has 2 atom stereocenters. The first-order valence-electron chi connectivity index (χ1n) is 4.29. The first-order valence-corrected chi connectivity index (χ1v) is 4.81. The monoisotopic (exact) mass is 240 g/mol. The van der Waals surface area contributed by atoms with Crippen LogP contribution in [-0.2, 0) is 14.3 Å². The number of carbonyl (C=O) groups excluding carboxylic acids is 1. The van der Waals surface area contributed by atoms with E-state index >= 15 is 0 Å². The molecule has 0 aliphatic rings. The van der Waals surface area contributed by atoms with E-state index in [2.05, 4.69) is 22.1 Å². The number of hydrogen-bond donors (Lipinski definition) is 4. The predicted molar refractivity (Wildman–Crippen MR) is 53.7 cm³/mol. The molecule has 0 saturated carbocycles. The van der Waals surface area contributed by atoms with Gasteiger partial charge < -0.3 is 20.1 Å². The van der Waals surface area contributed by atoms with E-state index in [1.54, 1.807) is 6.92 Å². The largest absolute Gasteiger partial charge is 0.408 e. The van der Waals surface area contributed by atoms with Gasteiger partial charge in [-0.3, -0.25) is 9.53 Å². The lowest BCUT2D eigenvalue weighted by Gasteiger charge is -2.28. The van der Waals surface area contributed by atoms with Crippen molar-refractivity contribution < 1.29 is 29.6 Å². The molecule has 3 N–H and O–H groups in total. The zero-order valence-electron chi connectivity index (χ0n) is 8.80. The van der Waals surface area contributed by atoms with Gasteiger partial charge in [-0.2, -0.15) is 12.6 Å². The Hall–Kier alpha value is -0.340. The van der Waals surface area contributed by atoms with Gasteiger partial charge in [0.25, 0.3) is 5.97 Å². The van der Waals surface area contributed by atoms with Gasteiger partial charge >= 0.3 is 11.9 Å². The molecule has 0 heterocycles. The van der Waals surface area contributed by atoms with E-state index in [1.807, 2.05) is 0 Å². The van der Waals surface area contributed by atoms with Crippen molar-refractivity contribution in [2.75, 3.05) is 0 Å². The fourth-order valence-electron chi connectivity index (χ4n) is 0.874. The fourth-order valence-corrected chi connectivity index (χ4v) is 1.02. The summed E-state index contributed by atoms with van der Waals surface area (Å²) < 4.78 is 8.73. The lowest BCUT2D eigenvalue weighted by molar-refractivity contribution is -0.456. The molecule has 2 unspecified atom stereocenters. The molecule has 0 saturated heterocycles. The summed E-state index contributed by atoms with van der Waals surface area (Å²) in [7, 11) is 0. The highest BCUT2D eigenvalue weighted by Crippen LogP contribution is 2.17. The normalized spacial score (nSPS) is 18.1. The Bertz CT molecular complexity index is 220. The van der Waals surface area contributed by atoms with E-state index in [0.717, 1.165) is 13.8 Å². The van der Waals surface area contributed by atoms with Crippen LogP contribution >= 0.6 is 12.6 Å². The van der Waals surface area contributed by atoms with E-state index < -0.39 is 17.9 Å². The van der Waals surface area contributed by atoms with E-state index in [1.165, 1.54) is 0 Å². The number of thiol groups is 1. The van der Waals surface area contributed by atoms with Gasteiger partial charge in [-0.1, -0.05) is 6.92 Å². The van der Waals surface area contributed by atoms with E-state index in [-0.39, 0.29) is 11.7 Å². The standard InChI is InChI=1S/C8H16O6S/c1-5(15)4-6(9)13-8(3,12)14-7(2,10)11/h5,10-12,15H,4H2,1-3H3. The second-order valence-electron chi connectivity index (χ2n) is 3.46. The average molecular weight is 240 g/mol. The number of aliphatic hydroxyl groups is 3. The Morgan fingerprint density at radius 1 is 1.40 bits per heavy atom. The number of esters is 1. The van der Waals surface area contributed by atoms with Crippen molar-refractivity contribution in [2.24, 2.45) is 0 Å². The highest BCUT2D eigenvalue weighted by atomic mass is 32.1. The molecule has 0 aromatic carbocycles. The minimum atomic E-state index is -2.59. The van der Waals surface area contributed by atoms with Gasteiger partial charge in [-0.05, 0) is 0 Å². The molecule has 6 nitrogen and oxygen atoms in total. The minimum absolute atomic E-state index is 0.0316. The molecule has 0 aliphatic heterocycles. The first-order chi connectivity index (χ1) is 6.52. The molecule has 0 radical (unpaired) electrons. The molecule has 7 heteroatoms. The van der Waals surface area contributed by atoms with Crippen LogP contribution in [0.5, 0.6) is 0 Å². The summed E-state index contributed by atoms with van der Waals surface area (Å²) in [6, 6.07) is 0. The Kier molecular flexibility index (Phi) is 5.01. The summed E-state index contributed by atoms with van der Waals surface area (Å²) in [6.07, 6.45) is -0.0316. The van der Waals surface area contributed by atoms with E-state index in [4.69, 9.17) is 10.2 Å². The van der Waals surface area contributed by atoms with Gasteiger partial charge in [0.15, 0.2) is 0 Å². The third-order valence-corrected chi connectivity index (χ3v) is 1.33.